The molecule has 132 valence electrons. The minimum Gasteiger partial charge on any atom is -0.464 e. The smallest absolute Gasteiger partial charge is 0.464 e. The van der Waals surface area contributed by atoms with E-state index in [0.717, 1.165) is 23.9 Å². The van der Waals surface area contributed by atoms with Crippen molar-refractivity contribution in [2.75, 3.05) is 12.8 Å². The Hall–Kier alpha value is -2.38. The highest BCUT2D eigenvalue weighted by Crippen LogP contribution is 2.39. The fraction of sp³-hybridized carbons (Fsp3) is 0.143. The number of carbonyl (C=O) groups excluding carboxylic acids is 1. The number of aromatic nitrogens is 1. The van der Waals surface area contributed by atoms with E-state index in [1.807, 2.05) is 0 Å². The van der Waals surface area contributed by atoms with E-state index in [1.165, 1.54) is 6.07 Å². The number of methoxy groups -OCH3 is 1. The van der Waals surface area contributed by atoms with Crippen LogP contribution in [0, 0.1) is 11.3 Å². The molecule has 1 aromatic heterocycles. The van der Waals surface area contributed by atoms with Crippen LogP contribution in [0.4, 0.5) is 18.9 Å². The van der Waals surface area contributed by atoms with Crippen LogP contribution in [0.5, 0.6) is 5.75 Å². The SMILES string of the molecule is COC(=O)c1c(N)c(C#N)cn1-c1c(Cl)cc(Br)cc1OC(F)(F)F. The molecule has 2 N–H and O–H groups in total. The van der Waals surface area contributed by atoms with Gasteiger partial charge in [-0.1, -0.05) is 27.5 Å². The maximum absolute atomic E-state index is 12.7. The number of nitriles is 1. The third-order valence-corrected chi connectivity index (χ3v) is 3.75. The van der Waals surface area contributed by atoms with E-state index in [2.05, 4.69) is 25.4 Å². The average molecular weight is 439 g/mol. The van der Waals surface area contributed by atoms with Crippen LogP contribution >= 0.6 is 27.5 Å². The summed E-state index contributed by atoms with van der Waals surface area (Å²) in [4.78, 5) is 12.0. The van der Waals surface area contributed by atoms with Crippen molar-refractivity contribution in [3.63, 3.8) is 0 Å². The standard InChI is InChI=1S/C14H8BrClF3N3O3/c1-24-13(23)12-10(21)6(4-20)5-22(12)11-8(16)2-7(15)3-9(11)25-14(17,18)19/h2-3,5H,21H2,1H3. The van der Waals surface area contributed by atoms with E-state index in [1.54, 1.807) is 6.07 Å². The van der Waals surface area contributed by atoms with Gasteiger partial charge in [-0.05, 0) is 12.1 Å². The zero-order chi connectivity index (χ0) is 18.9. The number of halogens is 5. The van der Waals surface area contributed by atoms with Gasteiger partial charge >= 0.3 is 12.3 Å². The molecule has 1 aromatic carbocycles. The van der Waals surface area contributed by atoms with Crippen molar-refractivity contribution in [1.29, 1.82) is 5.26 Å². The molecule has 25 heavy (non-hydrogen) atoms. The molecule has 0 spiro atoms. The quantitative estimate of drug-likeness (QED) is 0.731. The molecule has 0 bridgehead atoms. The molecule has 0 aliphatic rings. The largest absolute Gasteiger partial charge is 0.573 e. The molecular formula is C14H8BrClF3N3O3. The van der Waals surface area contributed by atoms with Crippen LogP contribution in [-0.4, -0.2) is 24.0 Å². The molecule has 0 fully saturated rings. The van der Waals surface area contributed by atoms with Crippen molar-refractivity contribution < 1.29 is 27.4 Å². The summed E-state index contributed by atoms with van der Waals surface area (Å²) in [7, 11) is 1.06. The van der Waals surface area contributed by atoms with Gasteiger partial charge in [0.25, 0.3) is 0 Å². The van der Waals surface area contributed by atoms with Crippen LogP contribution in [0.3, 0.4) is 0 Å². The van der Waals surface area contributed by atoms with E-state index < -0.39 is 18.1 Å². The zero-order valence-electron chi connectivity index (χ0n) is 12.3. The van der Waals surface area contributed by atoms with Gasteiger partial charge in [-0.3, -0.25) is 0 Å². The highest BCUT2D eigenvalue weighted by molar-refractivity contribution is 9.10. The van der Waals surface area contributed by atoms with Crippen LogP contribution in [-0.2, 0) is 4.74 Å². The minimum atomic E-state index is -5.01. The van der Waals surface area contributed by atoms with Crippen LogP contribution in [0.25, 0.3) is 5.69 Å². The number of rotatable bonds is 3. The molecule has 0 unspecified atom stereocenters. The van der Waals surface area contributed by atoms with Gasteiger partial charge in [0.1, 0.15) is 11.8 Å². The Labute approximate surface area is 152 Å². The summed E-state index contributed by atoms with van der Waals surface area (Å²) in [6.45, 7) is 0. The lowest BCUT2D eigenvalue weighted by Gasteiger charge is -2.17. The first kappa shape index (κ1) is 19.0. The number of ether oxygens (including phenoxy) is 2. The first-order valence-corrected chi connectivity index (χ1v) is 7.50. The van der Waals surface area contributed by atoms with Crippen LogP contribution in [0.1, 0.15) is 16.1 Å². The van der Waals surface area contributed by atoms with Gasteiger partial charge in [0.15, 0.2) is 11.4 Å². The summed E-state index contributed by atoms with van der Waals surface area (Å²) in [6, 6.07) is 4.04. The Morgan fingerprint density at radius 3 is 2.60 bits per heavy atom. The van der Waals surface area contributed by atoms with Crippen molar-refractivity contribution in [1.82, 2.24) is 4.57 Å². The van der Waals surface area contributed by atoms with Gasteiger partial charge < -0.3 is 19.8 Å². The second-order valence-corrected chi connectivity index (χ2v) is 5.88. The summed E-state index contributed by atoms with van der Waals surface area (Å²) in [6.07, 6.45) is -3.94. The molecule has 0 atom stereocenters. The van der Waals surface area contributed by atoms with Gasteiger partial charge in [-0.15, -0.1) is 13.2 Å². The molecule has 0 radical (unpaired) electrons. The molecule has 1 heterocycles. The van der Waals surface area contributed by atoms with Crippen LogP contribution < -0.4 is 10.5 Å². The van der Waals surface area contributed by atoms with E-state index in [9.17, 15) is 18.0 Å². The molecule has 0 saturated heterocycles. The number of anilines is 1. The van der Waals surface area contributed by atoms with Crippen LogP contribution in [0.15, 0.2) is 22.8 Å². The van der Waals surface area contributed by atoms with Gasteiger partial charge in [0.05, 0.1) is 23.4 Å². The topological polar surface area (TPSA) is 90.3 Å². The molecule has 11 heteroatoms. The lowest BCUT2D eigenvalue weighted by atomic mass is 10.2. The third-order valence-electron chi connectivity index (χ3n) is 3.00. The van der Waals surface area contributed by atoms with E-state index in [-0.39, 0.29) is 32.1 Å². The second kappa shape index (κ2) is 6.85. The van der Waals surface area contributed by atoms with Crippen molar-refractivity contribution in [2.24, 2.45) is 0 Å². The second-order valence-electron chi connectivity index (χ2n) is 4.56. The Morgan fingerprint density at radius 1 is 1.44 bits per heavy atom. The Bertz CT molecular complexity index is 890. The summed E-state index contributed by atoms with van der Waals surface area (Å²) < 4.78 is 47.9. The molecular weight excluding hydrogens is 431 g/mol. The van der Waals surface area contributed by atoms with Crippen molar-refractivity contribution >= 4 is 39.2 Å². The molecule has 0 amide bonds. The number of nitrogens with two attached hydrogens (primary N) is 1. The average Bonchev–Trinajstić information content (AvgIpc) is 2.80. The molecule has 0 aliphatic carbocycles. The number of alkyl halides is 3. The predicted octanol–water partition coefficient (Wildman–Crippen LogP) is 4.03. The number of esters is 1. The van der Waals surface area contributed by atoms with Gasteiger partial charge in [-0.25, -0.2) is 4.79 Å². The van der Waals surface area contributed by atoms with E-state index >= 15 is 0 Å². The lowest BCUT2D eigenvalue weighted by Crippen LogP contribution is -2.19. The van der Waals surface area contributed by atoms with Crippen molar-refractivity contribution in [2.45, 2.75) is 6.36 Å². The minimum absolute atomic E-state index is 0.141. The predicted molar refractivity (Wildman–Crippen MR) is 85.6 cm³/mol. The zero-order valence-corrected chi connectivity index (χ0v) is 14.7. The number of benzene rings is 1. The van der Waals surface area contributed by atoms with Crippen molar-refractivity contribution in [3.8, 4) is 17.5 Å². The van der Waals surface area contributed by atoms with E-state index in [4.69, 9.17) is 22.6 Å². The fourth-order valence-electron chi connectivity index (χ4n) is 2.07. The summed E-state index contributed by atoms with van der Waals surface area (Å²) in [5.41, 5.74) is 4.65. The first-order valence-electron chi connectivity index (χ1n) is 6.33. The van der Waals surface area contributed by atoms with Gasteiger partial charge in [-0.2, -0.15) is 5.26 Å². The molecule has 6 nitrogen and oxygen atoms in total. The monoisotopic (exact) mass is 437 g/mol. The molecule has 0 aliphatic heterocycles. The lowest BCUT2D eigenvalue weighted by molar-refractivity contribution is -0.274. The number of carbonyl (C=O) groups is 1. The maximum Gasteiger partial charge on any atom is 0.573 e. The van der Waals surface area contributed by atoms with Gasteiger partial charge in [0, 0.05) is 10.7 Å². The number of nitrogens with zero attached hydrogens (tertiary/aromatic N) is 2. The number of hydrogen-bond donors (Lipinski definition) is 1. The van der Waals surface area contributed by atoms with Crippen LogP contribution in [0.2, 0.25) is 5.02 Å². The summed E-state index contributed by atoms with van der Waals surface area (Å²) >= 11 is 9.06. The highest BCUT2D eigenvalue weighted by Gasteiger charge is 2.34. The van der Waals surface area contributed by atoms with E-state index in [0.29, 0.717) is 0 Å². The summed E-state index contributed by atoms with van der Waals surface area (Å²) in [5, 5.41) is 8.90. The fourth-order valence-corrected chi connectivity index (χ4v) is 2.94. The first-order chi connectivity index (χ1) is 11.6. The Balaban J connectivity index is 2.83. The third kappa shape index (κ3) is 3.83. The Kier molecular flexibility index (Phi) is 5.20. The normalized spacial score (nSPS) is 11.1. The number of hydrogen-bond acceptors (Lipinski definition) is 5. The Morgan fingerprint density at radius 2 is 2.08 bits per heavy atom. The molecule has 0 saturated carbocycles. The van der Waals surface area contributed by atoms with Crippen molar-refractivity contribution in [3.05, 3.63) is 39.1 Å². The number of nitrogen functional groups attached to an aromatic ring is 1. The maximum atomic E-state index is 12.7. The molecule has 2 rings (SSSR count). The summed E-state index contributed by atoms with van der Waals surface area (Å²) in [5.74, 6) is -1.66. The van der Waals surface area contributed by atoms with Gasteiger partial charge in [0.2, 0.25) is 0 Å². The highest BCUT2D eigenvalue weighted by atomic mass is 79.9. The molecule has 2 aromatic rings.